The molecule has 1 aromatic carbocycles. The van der Waals surface area contributed by atoms with Crippen molar-refractivity contribution in [3.05, 3.63) is 34.4 Å². The third-order valence-electron chi connectivity index (χ3n) is 2.14. The number of benzene rings is 1. The maximum Gasteiger partial charge on any atom is 0.216 e. The summed E-state index contributed by atoms with van der Waals surface area (Å²) >= 11 is 4.97. The molecule has 0 saturated heterocycles. The van der Waals surface area contributed by atoms with Gasteiger partial charge < -0.3 is 10.2 Å². The van der Waals surface area contributed by atoms with Gasteiger partial charge in [-0.2, -0.15) is 14.9 Å². The van der Waals surface area contributed by atoms with Crippen LogP contribution in [-0.2, 0) is 0 Å². The molecular weight excluding hydrogens is 240 g/mol. The standard InChI is InChI=1S/C10H10N4O2S/c1-6-12-13-10(17)14(6)11-5-7-2-3-8(15)4-9(7)16/h2-5,15-16H,1H3,(H,13,17). The molecule has 0 saturated carbocycles. The molecule has 88 valence electrons. The van der Waals surface area contributed by atoms with Crippen LogP contribution in [0.1, 0.15) is 11.4 Å². The second-order valence-corrected chi connectivity index (χ2v) is 3.76. The van der Waals surface area contributed by atoms with Crippen LogP contribution in [0.15, 0.2) is 23.3 Å². The number of aromatic amines is 1. The van der Waals surface area contributed by atoms with Crippen LogP contribution in [0.4, 0.5) is 0 Å². The lowest BCUT2D eigenvalue weighted by atomic mass is 10.2. The zero-order chi connectivity index (χ0) is 12.4. The Morgan fingerprint density at radius 2 is 2.24 bits per heavy atom. The van der Waals surface area contributed by atoms with E-state index in [0.717, 1.165) is 0 Å². The normalized spacial score (nSPS) is 11.1. The summed E-state index contributed by atoms with van der Waals surface area (Å²) in [6.45, 7) is 1.75. The van der Waals surface area contributed by atoms with Gasteiger partial charge in [0.25, 0.3) is 0 Å². The Labute approximate surface area is 102 Å². The van der Waals surface area contributed by atoms with E-state index in [0.29, 0.717) is 16.2 Å². The molecule has 0 aliphatic heterocycles. The first-order valence-corrected chi connectivity index (χ1v) is 5.19. The van der Waals surface area contributed by atoms with Crippen LogP contribution in [0, 0.1) is 11.7 Å². The van der Waals surface area contributed by atoms with Crippen LogP contribution < -0.4 is 0 Å². The highest BCUT2D eigenvalue weighted by Gasteiger charge is 2.01. The number of aromatic nitrogens is 3. The van der Waals surface area contributed by atoms with Crippen LogP contribution in [0.5, 0.6) is 11.5 Å². The largest absolute Gasteiger partial charge is 0.508 e. The second-order valence-electron chi connectivity index (χ2n) is 3.38. The summed E-state index contributed by atoms with van der Waals surface area (Å²) in [6, 6.07) is 4.25. The fraction of sp³-hybridized carbons (Fsp3) is 0.100. The number of nitrogens with one attached hydrogen (secondary N) is 1. The summed E-state index contributed by atoms with van der Waals surface area (Å²) in [5.41, 5.74) is 0.477. The third-order valence-corrected chi connectivity index (χ3v) is 2.40. The van der Waals surface area contributed by atoms with Gasteiger partial charge in [-0.3, -0.25) is 5.10 Å². The molecule has 2 rings (SSSR count). The maximum atomic E-state index is 9.55. The lowest BCUT2D eigenvalue weighted by molar-refractivity contribution is 0.450. The summed E-state index contributed by atoms with van der Waals surface area (Å²) in [4.78, 5) is 0. The number of hydrogen-bond donors (Lipinski definition) is 3. The zero-order valence-corrected chi connectivity index (χ0v) is 9.77. The third kappa shape index (κ3) is 2.34. The highest BCUT2D eigenvalue weighted by Crippen LogP contribution is 2.20. The summed E-state index contributed by atoms with van der Waals surface area (Å²) in [6.07, 6.45) is 1.44. The van der Waals surface area contributed by atoms with Crippen LogP contribution in [0.2, 0.25) is 0 Å². The van der Waals surface area contributed by atoms with Gasteiger partial charge in [-0.05, 0) is 31.3 Å². The first-order chi connectivity index (χ1) is 8.08. The summed E-state index contributed by atoms with van der Waals surface area (Å²) < 4.78 is 1.80. The number of aromatic hydroxyl groups is 2. The van der Waals surface area contributed by atoms with Gasteiger partial charge >= 0.3 is 0 Å². The van der Waals surface area contributed by atoms with Crippen LogP contribution in [0.3, 0.4) is 0 Å². The molecule has 3 N–H and O–H groups in total. The van der Waals surface area contributed by atoms with Gasteiger partial charge in [-0.15, -0.1) is 0 Å². The topological polar surface area (TPSA) is 86.4 Å². The molecule has 6 nitrogen and oxygen atoms in total. The van der Waals surface area contributed by atoms with E-state index in [4.69, 9.17) is 17.3 Å². The number of phenolic OH excluding ortho intramolecular Hbond substituents is 2. The number of rotatable bonds is 2. The molecule has 0 radical (unpaired) electrons. The minimum Gasteiger partial charge on any atom is -0.508 e. The number of aryl methyl sites for hydroxylation is 1. The van der Waals surface area contributed by atoms with Gasteiger partial charge in [0, 0.05) is 11.6 Å². The van der Waals surface area contributed by atoms with Crippen LogP contribution >= 0.6 is 12.2 Å². The monoisotopic (exact) mass is 250 g/mol. The molecule has 1 heterocycles. The molecule has 0 bridgehead atoms. The maximum absolute atomic E-state index is 9.55. The first kappa shape index (κ1) is 11.3. The van der Waals surface area contributed by atoms with E-state index in [2.05, 4.69) is 15.3 Å². The van der Waals surface area contributed by atoms with Gasteiger partial charge in [0.15, 0.2) is 0 Å². The van der Waals surface area contributed by atoms with Crippen molar-refractivity contribution < 1.29 is 10.2 Å². The van der Waals surface area contributed by atoms with Crippen molar-refractivity contribution in [1.29, 1.82) is 0 Å². The summed E-state index contributed by atoms with van der Waals surface area (Å²) in [5, 5.41) is 29.3. The molecule has 0 unspecified atom stereocenters. The minimum absolute atomic E-state index is 0.00393. The van der Waals surface area contributed by atoms with Crippen molar-refractivity contribution >= 4 is 18.4 Å². The predicted molar refractivity (Wildman–Crippen MR) is 64.9 cm³/mol. The Morgan fingerprint density at radius 1 is 1.47 bits per heavy atom. The Morgan fingerprint density at radius 3 is 2.82 bits per heavy atom. The number of H-pyrrole nitrogens is 1. The molecule has 0 fully saturated rings. The molecule has 0 atom stereocenters. The Balaban J connectivity index is 2.36. The van der Waals surface area contributed by atoms with Crippen molar-refractivity contribution in [2.75, 3.05) is 0 Å². The zero-order valence-electron chi connectivity index (χ0n) is 8.95. The van der Waals surface area contributed by atoms with E-state index in [1.807, 2.05) is 0 Å². The Kier molecular flexibility index (Phi) is 2.92. The quantitative estimate of drug-likeness (QED) is 0.557. The SMILES string of the molecule is Cc1n[nH]c(=S)n1N=Cc1ccc(O)cc1O. The second kappa shape index (κ2) is 4.38. The average molecular weight is 250 g/mol. The van der Waals surface area contributed by atoms with Crippen molar-refractivity contribution in [3.8, 4) is 11.5 Å². The highest BCUT2D eigenvalue weighted by molar-refractivity contribution is 7.71. The Bertz CT molecular complexity index is 629. The summed E-state index contributed by atoms with van der Waals surface area (Å²) in [7, 11) is 0. The molecule has 0 amide bonds. The van der Waals surface area contributed by atoms with Crippen molar-refractivity contribution in [2.24, 2.45) is 5.10 Å². The number of hydrogen-bond acceptors (Lipinski definition) is 5. The van der Waals surface area contributed by atoms with Crippen molar-refractivity contribution in [3.63, 3.8) is 0 Å². The van der Waals surface area contributed by atoms with Gasteiger partial charge in [-0.1, -0.05) is 0 Å². The van der Waals surface area contributed by atoms with Gasteiger partial charge in [0.2, 0.25) is 4.77 Å². The predicted octanol–water partition coefficient (Wildman–Crippen LogP) is 1.54. The molecule has 0 spiro atoms. The van der Waals surface area contributed by atoms with E-state index in [1.165, 1.54) is 23.0 Å². The number of phenols is 2. The molecule has 0 aliphatic rings. The fourth-order valence-corrected chi connectivity index (χ4v) is 1.49. The molecule has 7 heteroatoms. The van der Waals surface area contributed by atoms with Crippen molar-refractivity contribution in [2.45, 2.75) is 6.92 Å². The lowest BCUT2D eigenvalue weighted by Crippen LogP contribution is -1.93. The van der Waals surface area contributed by atoms with Gasteiger partial charge in [0.05, 0.1) is 6.21 Å². The van der Waals surface area contributed by atoms with E-state index in [9.17, 15) is 5.11 Å². The van der Waals surface area contributed by atoms with E-state index < -0.39 is 0 Å². The van der Waals surface area contributed by atoms with Crippen molar-refractivity contribution in [1.82, 2.24) is 14.9 Å². The highest BCUT2D eigenvalue weighted by atomic mass is 32.1. The molecular formula is C10H10N4O2S. The van der Waals surface area contributed by atoms with Crippen LogP contribution in [0.25, 0.3) is 0 Å². The minimum atomic E-state index is -0.0542. The number of nitrogens with zero attached hydrogens (tertiary/aromatic N) is 3. The van der Waals surface area contributed by atoms with E-state index >= 15 is 0 Å². The van der Waals surface area contributed by atoms with Crippen LogP contribution in [-0.4, -0.2) is 31.3 Å². The van der Waals surface area contributed by atoms with Gasteiger partial charge in [-0.25, -0.2) is 0 Å². The molecule has 2 aromatic rings. The van der Waals surface area contributed by atoms with E-state index in [1.54, 1.807) is 13.0 Å². The summed E-state index contributed by atoms with van der Waals surface area (Å²) in [5.74, 6) is 0.557. The smallest absolute Gasteiger partial charge is 0.216 e. The molecule has 0 aliphatic carbocycles. The average Bonchev–Trinajstić information content (AvgIpc) is 2.58. The fourth-order valence-electron chi connectivity index (χ4n) is 1.27. The van der Waals surface area contributed by atoms with E-state index in [-0.39, 0.29) is 11.5 Å². The van der Waals surface area contributed by atoms with Gasteiger partial charge in [0.1, 0.15) is 17.3 Å². The molecule has 17 heavy (non-hydrogen) atoms. The molecule has 1 aromatic heterocycles. The Hall–Kier alpha value is -2.15. The lowest BCUT2D eigenvalue weighted by Gasteiger charge is -1.99. The first-order valence-electron chi connectivity index (χ1n) is 4.78.